The van der Waals surface area contributed by atoms with E-state index in [0.29, 0.717) is 10.9 Å². The van der Waals surface area contributed by atoms with E-state index in [0.717, 1.165) is 21.4 Å². The molecule has 0 radical (unpaired) electrons. The van der Waals surface area contributed by atoms with Crippen LogP contribution in [0, 0.1) is 12.7 Å². The van der Waals surface area contributed by atoms with Crippen molar-refractivity contribution in [1.82, 2.24) is 9.78 Å². The van der Waals surface area contributed by atoms with Crippen LogP contribution in [0.4, 0.5) is 4.39 Å². The van der Waals surface area contributed by atoms with Crippen molar-refractivity contribution in [2.24, 2.45) is 12.8 Å². The molecular weight excluding hydrogens is 377 g/mol. The first-order valence-corrected chi connectivity index (χ1v) is 7.36. The third kappa shape index (κ3) is 3.24. The summed E-state index contributed by atoms with van der Waals surface area (Å²) in [5, 5.41) is 4.32. The first kappa shape index (κ1) is 14.7. The summed E-state index contributed by atoms with van der Waals surface area (Å²) in [5.41, 5.74) is 8.85. The molecule has 0 bridgehead atoms. The average molecular weight is 391 g/mol. The van der Waals surface area contributed by atoms with Gasteiger partial charge in [-0.2, -0.15) is 5.10 Å². The molecule has 0 saturated carbocycles. The molecule has 3 nitrogen and oxygen atoms in total. The fraction of sp³-hybridized carbons (Fsp3) is 0.308. The van der Waals surface area contributed by atoms with Crippen LogP contribution in [0.25, 0.3) is 0 Å². The highest BCUT2D eigenvalue weighted by Gasteiger charge is 2.16. The molecule has 0 spiro atoms. The quantitative estimate of drug-likeness (QED) is 0.869. The number of nitrogens with zero attached hydrogens (tertiary/aromatic N) is 2. The number of halogens is 3. The zero-order chi connectivity index (χ0) is 14.2. The van der Waals surface area contributed by atoms with Crippen LogP contribution in [0.15, 0.2) is 27.1 Å². The Bertz CT molecular complexity index is 590. The molecule has 0 saturated heterocycles. The molecule has 1 aromatic heterocycles. The molecule has 1 heterocycles. The molecule has 0 aliphatic heterocycles. The van der Waals surface area contributed by atoms with Gasteiger partial charge in [-0.25, -0.2) is 4.39 Å². The van der Waals surface area contributed by atoms with Crippen LogP contribution in [-0.2, 0) is 13.5 Å². The molecular formula is C13H14Br2FN3. The van der Waals surface area contributed by atoms with Crippen molar-refractivity contribution >= 4 is 31.9 Å². The van der Waals surface area contributed by atoms with Gasteiger partial charge in [0.25, 0.3) is 0 Å². The van der Waals surface area contributed by atoms with E-state index in [2.05, 4.69) is 37.0 Å². The minimum atomic E-state index is -0.292. The number of aryl methyl sites for hydroxylation is 2. The maximum atomic E-state index is 13.4. The summed E-state index contributed by atoms with van der Waals surface area (Å²) in [5.74, 6) is -0.292. The standard InChI is InChI=1S/C13H14Br2FN3/c1-7-13(15)12(19(2)18-7)6-11(17)8-3-9(14)5-10(16)4-8/h3-5,11H,6,17H2,1-2H3. The number of aromatic nitrogens is 2. The molecule has 2 aromatic rings. The Balaban J connectivity index is 2.27. The second-order valence-corrected chi connectivity index (χ2v) is 6.19. The van der Waals surface area contributed by atoms with Crippen LogP contribution in [-0.4, -0.2) is 9.78 Å². The van der Waals surface area contributed by atoms with E-state index in [-0.39, 0.29) is 11.9 Å². The Labute approximate surface area is 128 Å². The monoisotopic (exact) mass is 389 g/mol. The molecule has 0 aliphatic rings. The fourth-order valence-electron chi connectivity index (χ4n) is 2.02. The predicted octanol–water partition coefficient (Wildman–Crippen LogP) is 3.64. The van der Waals surface area contributed by atoms with Gasteiger partial charge in [0.2, 0.25) is 0 Å². The maximum Gasteiger partial charge on any atom is 0.124 e. The van der Waals surface area contributed by atoms with Crippen LogP contribution in [0.5, 0.6) is 0 Å². The summed E-state index contributed by atoms with van der Waals surface area (Å²) in [6.45, 7) is 1.93. The Morgan fingerprint density at radius 2 is 2.05 bits per heavy atom. The number of hydrogen-bond acceptors (Lipinski definition) is 2. The molecule has 19 heavy (non-hydrogen) atoms. The van der Waals surface area contributed by atoms with Gasteiger partial charge in [-0.05, 0) is 46.6 Å². The maximum absolute atomic E-state index is 13.4. The second-order valence-electron chi connectivity index (χ2n) is 4.48. The van der Waals surface area contributed by atoms with Gasteiger partial charge in [-0.1, -0.05) is 15.9 Å². The number of nitrogens with two attached hydrogens (primary N) is 1. The average Bonchev–Trinajstić information content (AvgIpc) is 2.54. The molecule has 1 unspecified atom stereocenters. The smallest absolute Gasteiger partial charge is 0.124 e. The van der Waals surface area contributed by atoms with Gasteiger partial charge in [0.15, 0.2) is 0 Å². The molecule has 0 fully saturated rings. The van der Waals surface area contributed by atoms with Crippen molar-refractivity contribution in [1.29, 1.82) is 0 Å². The van der Waals surface area contributed by atoms with Gasteiger partial charge >= 0.3 is 0 Å². The van der Waals surface area contributed by atoms with E-state index in [1.807, 2.05) is 20.0 Å². The van der Waals surface area contributed by atoms with Gasteiger partial charge in [0.05, 0.1) is 15.9 Å². The van der Waals surface area contributed by atoms with E-state index < -0.39 is 0 Å². The molecule has 102 valence electrons. The van der Waals surface area contributed by atoms with E-state index >= 15 is 0 Å². The van der Waals surface area contributed by atoms with Crippen molar-refractivity contribution in [3.8, 4) is 0 Å². The van der Waals surface area contributed by atoms with E-state index in [4.69, 9.17) is 5.73 Å². The first-order chi connectivity index (χ1) is 8.88. The van der Waals surface area contributed by atoms with Crippen LogP contribution < -0.4 is 5.73 Å². The number of hydrogen-bond donors (Lipinski definition) is 1. The van der Waals surface area contributed by atoms with E-state index in [1.54, 1.807) is 4.68 Å². The van der Waals surface area contributed by atoms with Crippen LogP contribution >= 0.6 is 31.9 Å². The minimum Gasteiger partial charge on any atom is -0.324 e. The second kappa shape index (κ2) is 5.73. The number of rotatable bonds is 3. The molecule has 2 N–H and O–H groups in total. The highest BCUT2D eigenvalue weighted by Crippen LogP contribution is 2.26. The lowest BCUT2D eigenvalue weighted by atomic mass is 10.0. The van der Waals surface area contributed by atoms with Crippen LogP contribution in [0.2, 0.25) is 0 Å². The van der Waals surface area contributed by atoms with Crippen LogP contribution in [0.1, 0.15) is 23.0 Å². The lowest BCUT2D eigenvalue weighted by Crippen LogP contribution is -2.16. The summed E-state index contributed by atoms with van der Waals surface area (Å²) >= 11 is 6.79. The third-order valence-electron chi connectivity index (χ3n) is 2.99. The predicted molar refractivity (Wildman–Crippen MR) is 80.4 cm³/mol. The zero-order valence-electron chi connectivity index (χ0n) is 10.6. The van der Waals surface area contributed by atoms with E-state index in [9.17, 15) is 4.39 Å². The SMILES string of the molecule is Cc1nn(C)c(CC(N)c2cc(F)cc(Br)c2)c1Br. The normalized spacial score (nSPS) is 12.7. The Morgan fingerprint density at radius 1 is 1.37 bits per heavy atom. The van der Waals surface area contributed by atoms with Gasteiger partial charge in [-0.15, -0.1) is 0 Å². The van der Waals surface area contributed by atoms with Gasteiger partial charge in [-0.3, -0.25) is 4.68 Å². The molecule has 6 heteroatoms. The highest BCUT2D eigenvalue weighted by molar-refractivity contribution is 9.10. The minimum absolute atomic E-state index is 0.280. The zero-order valence-corrected chi connectivity index (χ0v) is 13.8. The fourth-order valence-corrected chi connectivity index (χ4v) is 3.00. The Kier molecular flexibility index (Phi) is 4.43. The summed E-state index contributed by atoms with van der Waals surface area (Å²) in [4.78, 5) is 0. The third-order valence-corrected chi connectivity index (χ3v) is 4.48. The molecule has 1 aromatic carbocycles. The Hall–Kier alpha value is -0.720. The van der Waals surface area contributed by atoms with Crippen molar-refractivity contribution in [3.63, 3.8) is 0 Å². The summed E-state index contributed by atoms with van der Waals surface area (Å²) in [6.07, 6.45) is 0.591. The van der Waals surface area contributed by atoms with Crippen molar-refractivity contribution < 1.29 is 4.39 Å². The van der Waals surface area contributed by atoms with Gasteiger partial charge < -0.3 is 5.73 Å². The van der Waals surface area contributed by atoms with Crippen molar-refractivity contribution in [2.75, 3.05) is 0 Å². The summed E-state index contributed by atoms with van der Waals surface area (Å²) in [7, 11) is 1.88. The van der Waals surface area contributed by atoms with Gasteiger partial charge in [0.1, 0.15) is 5.82 Å². The summed E-state index contributed by atoms with van der Waals surface area (Å²) in [6, 6.07) is 4.44. The molecule has 0 aliphatic carbocycles. The molecule has 0 amide bonds. The summed E-state index contributed by atoms with van der Waals surface area (Å²) < 4.78 is 16.8. The van der Waals surface area contributed by atoms with E-state index in [1.165, 1.54) is 12.1 Å². The lowest BCUT2D eigenvalue weighted by Gasteiger charge is -2.13. The largest absolute Gasteiger partial charge is 0.324 e. The van der Waals surface area contributed by atoms with Crippen LogP contribution in [0.3, 0.4) is 0 Å². The van der Waals surface area contributed by atoms with Gasteiger partial charge in [0, 0.05) is 24.0 Å². The topological polar surface area (TPSA) is 43.8 Å². The first-order valence-electron chi connectivity index (χ1n) is 5.78. The Morgan fingerprint density at radius 3 is 2.58 bits per heavy atom. The molecule has 2 rings (SSSR count). The van der Waals surface area contributed by atoms with Crippen molar-refractivity contribution in [3.05, 3.63) is 49.9 Å². The number of benzene rings is 1. The van der Waals surface area contributed by atoms with Crippen molar-refractivity contribution in [2.45, 2.75) is 19.4 Å². The highest BCUT2D eigenvalue weighted by atomic mass is 79.9. The molecule has 1 atom stereocenters. The lowest BCUT2D eigenvalue weighted by molar-refractivity contribution is 0.608.